The van der Waals surface area contributed by atoms with Crippen LogP contribution in [0.3, 0.4) is 0 Å². The molecule has 178 valence electrons. The fourth-order valence-electron chi connectivity index (χ4n) is 6.58. The minimum Gasteiger partial charge on any atom is -0.212 e. The molecule has 0 spiro atoms. The first-order chi connectivity index (χ1) is 15.5. The van der Waals surface area contributed by atoms with Crippen LogP contribution in [0.5, 0.6) is 0 Å². The number of halogens is 3. The maximum Gasteiger partial charge on any atom is 0.162 e. The molecule has 3 aliphatic carbocycles. The van der Waals surface area contributed by atoms with Gasteiger partial charge in [-0.05, 0) is 117 Å². The third kappa shape index (κ3) is 5.45. The highest BCUT2D eigenvalue weighted by molar-refractivity contribution is 5.32. The first-order valence-electron chi connectivity index (χ1n) is 13.3. The highest BCUT2D eigenvalue weighted by Crippen LogP contribution is 2.43. The van der Waals surface area contributed by atoms with E-state index in [1.165, 1.54) is 0 Å². The fourth-order valence-corrected chi connectivity index (χ4v) is 6.58. The predicted octanol–water partition coefficient (Wildman–Crippen LogP) is 9.60. The number of hydrogen-bond donors (Lipinski definition) is 0. The molecule has 0 radical (unpaired) electrons. The predicted molar refractivity (Wildman–Crippen MR) is 126 cm³/mol. The van der Waals surface area contributed by atoms with Gasteiger partial charge in [-0.3, -0.25) is 0 Å². The summed E-state index contributed by atoms with van der Waals surface area (Å²) in [4.78, 5) is 0. The van der Waals surface area contributed by atoms with Crippen molar-refractivity contribution in [2.45, 2.75) is 109 Å². The van der Waals surface area contributed by atoms with E-state index >= 15 is 4.39 Å². The van der Waals surface area contributed by atoms with Crippen LogP contribution in [0.1, 0.15) is 120 Å². The van der Waals surface area contributed by atoms with Gasteiger partial charge in [-0.25, -0.2) is 13.2 Å². The van der Waals surface area contributed by atoms with Gasteiger partial charge in [0, 0.05) is 5.92 Å². The third-order valence-corrected chi connectivity index (χ3v) is 9.00. The molecular weight excluding hydrogens is 405 g/mol. The van der Waals surface area contributed by atoms with Crippen LogP contribution in [0.15, 0.2) is 24.0 Å². The van der Waals surface area contributed by atoms with Crippen molar-refractivity contribution in [2.24, 2.45) is 23.7 Å². The quantitative estimate of drug-likeness (QED) is 0.408. The van der Waals surface area contributed by atoms with Crippen molar-refractivity contribution >= 4 is 0 Å². The average Bonchev–Trinajstić information content (AvgIpc) is 2.81. The van der Waals surface area contributed by atoms with E-state index < -0.39 is 11.6 Å². The van der Waals surface area contributed by atoms with Gasteiger partial charge in [0.1, 0.15) is 0 Å². The van der Waals surface area contributed by atoms with Gasteiger partial charge >= 0.3 is 0 Å². The van der Waals surface area contributed by atoms with Crippen LogP contribution in [0.4, 0.5) is 13.2 Å². The first kappa shape index (κ1) is 23.9. The van der Waals surface area contributed by atoms with E-state index in [1.54, 1.807) is 0 Å². The molecule has 0 aliphatic heterocycles. The van der Waals surface area contributed by atoms with Gasteiger partial charge in [-0.2, -0.15) is 0 Å². The lowest BCUT2D eigenvalue weighted by molar-refractivity contribution is 0.266. The molecule has 0 saturated heterocycles. The Morgan fingerprint density at radius 2 is 1.28 bits per heavy atom. The van der Waals surface area contributed by atoms with Gasteiger partial charge in [0.05, 0.1) is 5.83 Å². The van der Waals surface area contributed by atoms with E-state index in [0.717, 1.165) is 83.5 Å². The SMILES string of the molecule is CCC1C=C(F)C(CCC2CCC(c3ccc(C4CCC(C)CC4)c(F)c3F)CC2)CC1. The molecule has 1 aromatic carbocycles. The molecule has 0 nitrogen and oxygen atoms in total. The van der Waals surface area contributed by atoms with Crippen LogP contribution in [0.2, 0.25) is 0 Å². The Morgan fingerprint density at radius 3 is 1.81 bits per heavy atom. The molecule has 3 heteroatoms. The van der Waals surface area contributed by atoms with E-state index in [0.29, 0.717) is 28.9 Å². The summed E-state index contributed by atoms with van der Waals surface area (Å²) in [7, 11) is 0. The molecule has 2 unspecified atom stereocenters. The van der Waals surface area contributed by atoms with E-state index in [2.05, 4.69) is 13.8 Å². The summed E-state index contributed by atoms with van der Waals surface area (Å²) in [5.74, 6) is 1.06. The highest BCUT2D eigenvalue weighted by atomic mass is 19.2. The third-order valence-electron chi connectivity index (χ3n) is 9.00. The van der Waals surface area contributed by atoms with Crippen LogP contribution < -0.4 is 0 Å². The van der Waals surface area contributed by atoms with Gasteiger partial charge in [0.2, 0.25) is 0 Å². The van der Waals surface area contributed by atoms with Crippen LogP contribution >= 0.6 is 0 Å². The zero-order valence-corrected chi connectivity index (χ0v) is 20.0. The summed E-state index contributed by atoms with van der Waals surface area (Å²) in [6, 6.07) is 3.76. The van der Waals surface area contributed by atoms with E-state index in [4.69, 9.17) is 0 Å². The molecular formula is C29H41F3. The molecule has 0 heterocycles. The number of hydrogen-bond acceptors (Lipinski definition) is 0. The monoisotopic (exact) mass is 446 g/mol. The second kappa shape index (κ2) is 10.8. The maximum absolute atomic E-state index is 15.0. The molecule has 32 heavy (non-hydrogen) atoms. The lowest BCUT2D eigenvalue weighted by atomic mass is 9.74. The van der Waals surface area contributed by atoms with Crippen LogP contribution in [-0.2, 0) is 0 Å². The molecule has 3 aliphatic rings. The first-order valence-corrected chi connectivity index (χ1v) is 13.3. The number of allylic oxidation sites excluding steroid dienone is 2. The Hall–Kier alpha value is -1.25. The van der Waals surface area contributed by atoms with Crippen molar-refractivity contribution < 1.29 is 13.2 Å². The summed E-state index contributed by atoms with van der Waals surface area (Å²) in [5.41, 5.74) is 1.18. The Morgan fingerprint density at radius 1 is 0.719 bits per heavy atom. The summed E-state index contributed by atoms with van der Waals surface area (Å²) in [6.07, 6.45) is 15.1. The van der Waals surface area contributed by atoms with Crippen LogP contribution in [0, 0.1) is 35.3 Å². The van der Waals surface area contributed by atoms with Crippen molar-refractivity contribution in [3.05, 3.63) is 46.8 Å². The maximum atomic E-state index is 15.0. The van der Waals surface area contributed by atoms with Crippen molar-refractivity contribution in [3.63, 3.8) is 0 Å². The van der Waals surface area contributed by atoms with E-state index in [1.807, 2.05) is 18.2 Å². The molecule has 0 amide bonds. The average molecular weight is 447 g/mol. The van der Waals surface area contributed by atoms with Crippen LogP contribution in [0.25, 0.3) is 0 Å². The Balaban J connectivity index is 1.30. The molecule has 2 saturated carbocycles. The lowest BCUT2D eigenvalue weighted by Gasteiger charge is -2.31. The van der Waals surface area contributed by atoms with Gasteiger partial charge in [-0.15, -0.1) is 0 Å². The van der Waals surface area contributed by atoms with Gasteiger partial charge < -0.3 is 0 Å². The standard InChI is InChI=1S/C29H41F3/c1-3-20-6-14-24(27(30)18-20)15-9-21-7-12-23(13-8-21)26-17-16-25(28(31)29(26)32)22-10-4-19(2)5-11-22/h16-24H,3-15H2,1-2H3. The second-order valence-electron chi connectivity index (χ2n) is 11.1. The minimum absolute atomic E-state index is 0.109. The summed E-state index contributed by atoms with van der Waals surface area (Å²) >= 11 is 0. The lowest BCUT2D eigenvalue weighted by Crippen LogP contribution is -2.18. The summed E-state index contributed by atoms with van der Waals surface area (Å²) in [5, 5.41) is 0. The van der Waals surface area contributed by atoms with Gasteiger partial charge in [0.15, 0.2) is 11.6 Å². The minimum atomic E-state index is -0.593. The Bertz CT molecular complexity index is 782. The smallest absolute Gasteiger partial charge is 0.162 e. The topological polar surface area (TPSA) is 0 Å². The summed E-state index contributed by atoms with van der Waals surface area (Å²) in [6.45, 7) is 4.38. The molecule has 2 atom stereocenters. The molecule has 0 aromatic heterocycles. The normalized spacial score (nSPS) is 33.7. The molecule has 4 rings (SSSR count). The fraction of sp³-hybridized carbons (Fsp3) is 0.724. The van der Waals surface area contributed by atoms with Gasteiger partial charge in [0.25, 0.3) is 0 Å². The zero-order valence-electron chi connectivity index (χ0n) is 20.0. The Labute approximate surface area is 193 Å². The molecule has 1 aromatic rings. The summed E-state index contributed by atoms with van der Waals surface area (Å²) < 4.78 is 44.4. The zero-order chi connectivity index (χ0) is 22.7. The van der Waals surface area contributed by atoms with Crippen molar-refractivity contribution in [3.8, 4) is 0 Å². The Kier molecular flexibility index (Phi) is 8.05. The van der Waals surface area contributed by atoms with Crippen molar-refractivity contribution in [1.82, 2.24) is 0 Å². The van der Waals surface area contributed by atoms with E-state index in [-0.39, 0.29) is 23.6 Å². The van der Waals surface area contributed by atoms with Crippen molar-refractivity contribution in [1.29, 1.82) is 0 Å². The van der Waals surface area contributed by atoms with E-state index in [9.17, 15) is 8.78 Å². The van der Waals surface area contributed by atoms with Gasteiger partial charge in [-0.1, -0.05) is 38.8 Å². The molecule has 2 fully saturated rings. The number of benzene rings is 1. The molecule has 0 N–H and O–H groups in total. The largest absolute Gasteiger partial charge is 0.212 e. The highest BCUT2D eigenvalue weighted by Gasteiger charge is 2.30. The number of rotatable bonds is 6. The second-order valence-corrected chi connectivity index (χ2v) is 11.1. The van der Waals surface area contributed by atoms with Crippen LogP contribution in [-0.4, -0.2) is 0 Å². The molecule has 0 bridgehead atoms. The van der Waals surface area contributed by atoms with Crippen molar-refractivity contribution in [2.75, 3.05) is 0 Å².